The van der Waals surface area contributed by atoms with Crippen molar-refractivity contribution in [2.24, 2.45) is 0 Å². The van der Waals surface area contributed by atoms with Crippen molar-refractivity contribution in [3.63, 3.8) is 0 Å². The predicted molar refractivity (Wildman–Crippen MR) is 67.4 cm³/mol. The minimum Gasteiger partial charge on any atom is -0.380 e. The summed E-state index contributed by atoms with van der Waals surface area (Å²) in [6, 6.07) is 3.22. The fourth-order valence-corrected chi connectivity index (χ4v) is 1.65. The number of halogens is 1. The quantitative estimate of drug-likeness (QED) is 0.822. The lowest BCUT2D eigenvalue weighted by Crippen LogP contribution is -2.36. The van der Waals surface area contributed by atoms with Gasteiger partial charge in [-0.15, -0.1) is 0 Å². The largest absolute Gasteiger partial charge is 0.380 e. The van der Waals surface area contributed by atoms with E-state index in [0.717, 1.165) is 5.69 Å². The van der Waals surface area contributed by atoms with Gasteiger partial charge in [0, 0.05) is 23.9 Å². The lowest BCUT2D eigenvalue weighted by Gasteiger charge is -2.13. The molecule has 0 aromatic carbocycles. The standard InChI is InChI=1S/C12H17ClN2O2/c1-4-17-7-9(3)15-12(16)10-5-8(2)14-11(13)6-10/h5-6,9H,4,7H2,1-3H3,(H,15,16). The first-order valence-electron chi connectivity index (χ1n) is 5.55. The third-order valence-electron chi connectivity index (χ3n) is 2.13. The Balaban J connectivity index is 2.63. The molecule has 1 aromatic heterocycles. The summed E-state index contributed by atoms with van der Waals surface area (Å²) in [6.07, 6.45) is 0. The molecule has 17 heavy (non-hydrogen) atoms. The summed E-state index contributed by atoms with van der Waals surface area (Å²) < 4.78 is 5.23. The van der Waals surface area contributed by atoms with Gasteiger partial charge in [0.1, 0.15) is 5.15 Å². The van der Waals surface area contributed by atoms with Crippen LogP contribution in [0.4, 0.5) is 0 Å². The third-order valence-corrected chi connectivity index (χ3v) is 2.33. The van der Waals surface area contributed by atoms with Crippen molar-refractivity contribution in [2.45, 2.75) is 26.8 Å². The molecule has 1 heterocycles. The van der Waals surface area contributed by atoms with E-state index in [9.17, 15) is 4.79 Å². The maximum absolute atomic E-state index is 11.9. The Morgan fingerprint density at radius 2 is 2.29 bits per heavy atom. The molecule has 1 aromatic rings. The van der Waals surface area contributed by atoms with E-state index in [0.29, 0.717) is 23.9 Å². The Hall–Kier alpha value is -1.13. The van der Waals surface area contributed by atoms with Crippen LogP contribution in [-0.4, -0.2) is 30.1 Å². The van der Waals surface area contributed by atoms with E-state index in [2.05, 4.69) is 10.3 Å². The Morgan fingerprint density at radius 3 is 2.88 bits per heavy atom. The van der Waals surface area contributed by atoms with Crippen LogP contribution in [0.3, 0.4) is 0 Å². The van der Waals surface area contributed by atoms with Gasteiger partial charge >= 0.3 is 0 Å². The molecule has 1 unspecified atom stereocenters. The molecule has 1 amide bonds. The zero-order valence-corrected chi connectivity index (χ0v) is 11.0. The molecule has 0 aliphatic rings. The van der Waals surface area contributed by atoms with Gasteiger partial charge in [-0.05, 0) is 32.9 Å². The predicted octanol–water partition coefficient (Wildman–Crippen LogP) is 2.20. The number of aryl methyl sites for hydroxylation is 1. The fourth-order valence-electron chi connectivity index (χ4n) is 1.40. The number of carbonyl (C=O) groups is 1. The highest BCUT2D eigenvalue weighted by Crippen LogP contribution is 2.10. The van der Waals surface area contributed by atoms with E-state index in [1.54, 1.807) is 19.1 Å². The molecule has 0 fully saturated rings. The van der Waals surface area contributed by atoms with E-state index in [1.165, 1.54) is 0 Å². The second-order valence-electron chi connectivity index (χ2n) is 3.85. The SMILES string of the molecule is CCOCC(C)NC(=O)c1cc(C)nc(Cl)c1. The number of nitrogens with zero attached hydrogens (tertiary/aromatic N) is 1. The highest BCUT2D eigenvalue weighted by molar-refractivity contribution is 6.29. The van der Waals surface area contributed by atoms with Crippen LogP contribution in [-0.2, 0) is 4.74 Å². The Bertz CT molecular complexity index is 376. The number of ether oxygens (including phenoxy) is 1. The van der Waals surface area contributed by atoms with Gasteiger partial charge in [-0.1, -0.05) is 11.6 Å². The molecule has 1 atom stereocenters. The Morgan fingerprint density at radius 1 is 1.59 bits per heavy atom. The van der Waals surface area contributed by atoms with Crippen LogP contribution < -0.4 is 5.32 Å². The van der Waals surface area contributed by atoms with Crippen molar-refractivity contribution < 1.29 is 9.53 Å². The molecule has 0 aliphatic heterocycles. The van der Waals surface area contributed by atoms with Crippen LogP contribution in [0.15, 0.2) is 12.1 Å². The highest BCUT2D eigenvalue weighted by Gasteiger charge is 2.11. The first-order valence-corrected chi connectivity index (χ1v) is 5.93. The normalized spacial score (nSPS) is 12.2. The van der Waals surface area contributed by atoms with Gasteiger partial charge in [0.25, 0.3) is 5.91 Å². The van der Waals surface area contributed by atoms with Crippen molar-refractivity contribution >= 4 is 17.5 Å². The van der Waals surface area contributed by atoms with Crippen molar-refractivity contribution in [3.8, 4) is 0 Å². The van der Waals surface area contributed by atoms with Crippen LogP contribution in [0.1, 0.15) is 29.9 Å². The molecule has 5 heteroatoms. The van der Waals surface area contributed by atoms with Gasteiger partial charge in [0.15, 0.2) is 0 Å². The van der Waals surface area contributed by atoms with Gasteiger partial charge in [-0.25, -0.2) is 4.98 Å². The van der Waals surface area contributed by atoms with Crippen molar-refractivity contribution in [1.82, 2.24) is 10.3 Å². The molecule has 0 saturated carbocycles. The molecule has 4 nitrogen and oxygen atoms in total. The van der Waals surface area contributed by atoms with Gasteiger partial charge in [0.05, 0.1) is 6.61 Å². The summed E-state index contributed by atoms with van der Waals surface area (Å²) in [6.45, 7) is 6.75. The minimum absolute atomic E-state index is 0.0327. The van der Waals surface area contributed by atoms with Gasteiger partial charge < -0.3 is 10.1 Å². The second kappa shape index (κ2) is 6.57. The maximum Gasteiger partial charge on any atom is 0.251 e. The molecular weight excluding hydrogens is 240 g/mol. The first kappa shape index (κ1) is 13.9. The molecule has 1 rings (SSSR count). The second-order valence-corrected chi connectivity index (χ2v) is 4.24. The van der Waals surface area contributed by atoms with Crippen molar-refractivity contribution in [3.05, 3.63) is 28.5 Å². The molecule has 94 valence electrons. The van der Waals surface area contributed by atoms with Crippen LogP contribution in [0, 0.1) is 6.92 Å². The topological polar surface area (TPSA) is 51.2 Å². The number of pyridine rings is 1. The lowest BCUT2D eigenvalue weighted by atomic mass is 10.2. The van der Waals surface area contributed by atoms with Crippen LogP contribution in [0.2, 0.25) is 5.15 Å². The number of hydrogen-bond acceptors (Lipinski definition) is 3. The summed E-state index contributed by atoms with van der Waals surface area (Å²) in [5.74, 6) is -0.162. The number of carbonyl (C=O) groups excluding carboxylic acids is 1. The average Bonchev–Trinajstić information content (AvgIpc) is 2.25. The lowest BCUT2D eigenvalue weighted by molar-refractivity contribution is 0.0872. The monoisotopic (exact) mass is 256 g/mol. The molecule has 0 saturated heterocycles. The average molecular weight is 257 g/mol. The van der Waals surface area contributed by atoms with Crippen LogP contribution in [0.5, 0.6) is 0 Å². The number of rotatable bonds is 5. The molecule has 1 N–H and O–H groups in total. The minimum atomic E-state index is -0.162. The fraction of sp³-hybridized carbons (Fsp3) is 0.500. The number of hydrogen-bond donors (Lipinski definition) is 1. The number of aromatic nitrogens is 1. The first-order chi connectivity index (χ1) is 8.02. The Kier molecular flexibility index (Phi) is 5.38. The maximum atomic E-state index is 11.9. The van der Waals surface area contributed by atoms with Gasteiger partial charge in [-0.3, -0.25) is 4.79 Å². The van der Waals surface area contributed by atoms with E-state index in [4.69, 9.17) is 16.3 Å². The summed E-state index contributed by atoms with van der Waals surface area (Å²) in [7, 11) is 0. The van der Waals surface area contributed by atoms with Crippen molar-refractivity contribution in [2.75, 3.05) is 13.2 Å². The zero-order valence-electron chi connectivity index (χ0n) is 10.3. The number of amides is 1. The van der Waals surface area contributed by atoms with Crippen LogP contribution in [0.25, 0.3) is 0 Å². The van der Waals surface area contributed by atoms with Gasteiger partial charge in [-0.2, -0.15) is 0 Å². The Labute approximate surface area is 106 Å². The van der Waals surface area contributed by atoms with E-state index >= 15 is 0 Å². The summed E-state index contributed by atoms with van der Waals surface area (Å²) >= 11 is 5.80. The van der Waals surface area contributed by atoms with E-state index < -0.39 is 0 Å². The van der Waals surface area contributed by atoms with Crippen LogP contribution >= 0.6 is 11.6 Å². The highest BCUT2D eigenvalue weighted by atomic mass is 35.5. The van der Waals surface area contributed by atoms with Gasteiger partial charge in [0.2, 0.25) is 0 Å². The smallest absolute Gasteiger partial charge is 0.251 e. The molecule has 0 spiro atoms. The van der Waals surface area contributed by atoms with E-state index in [-0.39, 0.29) is 11.9 Å². The van der Waals surface area contributed by atoms with Crippen molar-refractivity contribution in [1.29, 1.82) is 0 Å². The summed E-state index contributed by atoms with van der Waals surface area (Å²) in [5.41, 5.74) is 1.24. The third kappa shape index (κ3) is 4.71. The summed E-state index contributed by atoms with van der Waals surface area (Å²) in [5, 5.41) is 3.16. The molecule has 0 aliphatic carbocycles. The zero-order chi connectivity index (χ0) is 12.8. The molecule has 0 radical (unpaired) electrons. The van der Waals surface area contributed by atoms with E-state index in [1.807, 2.05) is 13.8 Å². The number of nitrogens with one attached hydrogen (secondary N) is 1. The summed E-state index contributed by atoms with van der Waals surface area (Å²) in [4.78, 5) is 15.9. The molecule has 0 bridgehead atoms. The molecular formula is C12H17ClN2O2.